The van der Waals surface area contributed by atoms with Gasteiger partial charge in [0.2, 0.25) is 5.88 Å². The number of aromatic nitrogens is 1. The molecule has 1 aromatic carbocycles. The first-order chi connectivity index (χ1) is 10.1. The van der Waals surface area contributed by atoms with Gasteiger partial charge in [-0.25, -0.2) is 4.98 Å². The average molecular weight is 285 g/mol. The number of pyridine rings is 1. The summed E-state index contributed by atoms with van der Waals surface area (Å²) in [5.41, 5.74) is 2.69. The quantitative estimate of drug-likeness (QED) is 0.914. The van der Waals surface area contributed by atoms with Gasteiger partial charge in [-0.2, -0.15) is 0 Å². The number of rotatable bonds is 5. The third-order valence-electron chi connectivity index (χ3n) is 3.11. The molecule has 0 radical (unpaired) electrons. The molecule has 0 bridgehead atoms. The Balaban J connectivity index is 1.93. The summed E-state index contributed by atoms with van der Waals surface area (Å²) in [6, 6.07) is 11.4. The van der Waals surface area contributed by atoms with E-state index in [1.54, 1.807) is 19.2 Å². The van der Waals surface area contributed by atoms with Crippen molar-refractivity contribution in [3.63, 3.8) is 0 Å². The molecule has 0 spiro atoms. The number of hydrogen-bond acceptors (Lipinski definition) is 4. The highest BCUT2D eigenvalue weighted by atomic mass is 16.5. The zero-order valence-electron chi connectivity index (χ0n) is 12.5. The third kappa shape index (κ3) is 3.95. The topological polar surface area (TPSA) is 54.5 Å². The lowest BCUT2D eigenvalue weighted by atomic mass is 10.2. The van der Waals surface area contributed by atoms with Gasteiger partial charge in [-0.15, -0.1) is 0 Å². The molecule has 5 nitrogen and oxygen atoms in total. The Labute approximate surface area is 124 Å². The van der Waals surface area contributed by atoms with E-state index in [0.29, 0.717) is 18.0 Å². The molecular formula is C16H19N3O2. The maximum atomic E-state index is 12.0. The number of carbonyl (C=O) groups excluding carboxylic acids is 1. The van der Waals surface area contributed by atoms with E-state index in [0.717, 1.165) is 11.3 Å². The molecule has 0 saturated carbocycles. The molecule has 110 valence electrons. The van der Waals surface area contributed by atoms with E-state index in [1.807, 2.05) is 43.3 Å². The molecule has 0 aliphatic carbocycles. The van der Waals surface area contributed by atoms with E-state index in [-0.39, 0.29) is 5.91 Å². The molecule has 0 unspecified atom stereocenters. The van der Waals surface area contributed by atoms with E-state index in [2.05, 4.69) is 10.3 Å². The Morgan fingerprint density at radius 1 is 1.19 bits per heavy atom. The number of nitrogens with zero attached hydrogens (tertiary/aromatic N) is 2. The van der Waals surface area contributed by atoms with Crippen LogP contribution in [0.25, 0.3) is 0 Å². The van der Waals surface area contributed by atoms with Crippen LogP contribution in [0.1, 0.15) is 15.9 Å². The van der Waals surface area contributed by atoms with Crippen molar-refractivity contribution >= 4 is 11.6 Å². The zero-order valence-corrected chi connectivity index (χ0v) is 12.5. The molecular weight excluding hydrogens is 266 g/mol. The van der Waals surface area contributed by atoms with Crippen molar-refractivity contribution in [2.45, 2.75) is 6.54 Å². The summed E-state index contributed by atoms with van der Waals surface area (Å²) in [5.74, 6) is 0.340. The highest BCUT2D eigenvalue weighted by molar-refractivity contribution is 5.93. The number of benzene rings is 1. The standard InChI is InChI=1S/C16H19N3O2/c1-19(2)14-7-4-12(5-8-14)10-18-16(20)13-6-9-15(21-3)17-11-13/h4-9,11H,10H2,1-3H3,(H,18,20). The van der Waals surface area contributed by atoms with Gasteiger partial charge < -0.3 is 15.0 Å². The number of methoxy groups -OCH3 is 1. The second-order valence-electron chi connectivity index (χ2n) is 4.83. The number of anilines is 1. The minimum absolute atomic E-state index is 0.151. The average Bonchev–Trinajstić information content (AvgIpc) is 2.53. The molecule has 0 atom stereocenters. The van der Waals surface area contributed by atoms with Crippen molar-refractivity contribution in [1.82, 2.24) is 10.3 Å². The maximum absolute atomic E-state index is 12.0. The molecule has 2 aromatic rings. The predicted octanol–water partition coefficient (Wildman–Crippen LogP) is 2.09. The van der Waals surface area contributed by atoms with Crippen LogP contribution in [0.5, 0.6) is 5.88 Å². The molecule has 5 heteroatoms. The second-order valence-corrected chi connectivity index (χ2v) is 4.83. The minimum Gasteiger partial charge on any atom is -0.481 e. The van der Waals surface area contributed by atoms with E-state index < -0.39 is 0 Å². The SMILES string of the molecule is COc1ccc(C(=O)NCc2ccc(N(C)C)cc2)cn1. The van der Waals surface area contributed by atoms with Gasteiger partial charge in [0.05, 0.1) is 12.7 Å². The Morgan fingerprint density at radius 2 is 1.90 bits per heavy atom. The Morgan fingerprint density at radius 3 is 2.43 bits per heavy atom. The van der Waals surface area contributed by atoms with Crippen molar-refractivity contribution in [3.8, 4) is 5.88 Å². The molecule has 1 amide bonds. The molecule has 0 saturated heterocycles. The maximum Gasteiger partial charge on any atom is 0.253 e. The fourth-order valence-electron chi connectivity index (χ4n) is 1.83. The first-order valence-corrected chi connectivity index (χ1v) is 6.64. The van der Waals surface area contributed by atoms with Crippen molar-refractivity contribution in [3.05, 3.63) is 53.7 Å². The van der Waals surface area contributed by atoms with Crippen molar-refractivity contribution < 1.29 is 9.53 Å². The summed E-state index contributed by atoms with van der Waals surface area (Å²) >= 11 is 0. The molecule has 1 aromatic heterocycles. The van der Waals surface area contributed by atoms with Gasteiger partial charge in [-0.3, -0.25) is 4.79 Å². The molecule has 2 rings (SSSR count). The first-order valence-electron chi connectivity index (χ1n) is 6.64. The monoisotopic (exact) mass is 285 g/mol. The molecule has 21 heavy (non-hydrogen) atoms. The van der Waals surface area contributed by atoms with E-state index in [1.165, 1.54) is 6.20 Å². The number of ether oxygens (including phenoxy) is 1. The molecule has 0 aliphatic heterocycles. The molecule has 0 fully saturated rings. The van der Waals surface area contributed by atoms with Crippen molar-refractivity contribution in [2.75, 3.05) is 26.1 Å². The fraction of sp³-hybridized carbons (Fsp3) is 0.250. The van der Waals surface area contributed by atoms with Gasteiger partial charge in [0, 0.05) is 38.6 Å². The van der Waals surface area contributed by atoms with Crippen LogP contribution in [0.3, 0.4) is 0 Å². The van der Waals surface area contributed by atoms with Gasteiger partial charge in [0.25, 0.3) is 5.91 Å². The van der Waals surface area contributed by atoms with Gasteiger partial charge in [-0.05, 0) is 23.8 Å². The summed E-state index contributed by atoms with van der Waals surface area (Å²) < 4.78 is 4.96. The summed E-state index contributed by atoms with van der Waals surface area (Å²) in [5, 5.41) is 2.87. The van der Waals surface area contributed by atoms with E-state index >= 15 is 0 Å². The molecule has 1 N–H and O–H groups in total. The number of amides is 1. The van der Waals surface area contributed by atoms with E-state index in [4.69, 9.17) is 4.74 Å². The minimum atomic E-state index is -0.151. The smallest absolute Gasteiger partial charge is 0.253 e. The normalized spacial score (nSPS) is 10.0. The lowest BCUT2D eigenvalue weighted by molar-refractivity contribution is 0.0950. The van der Waals surface area contributed by atoms with Crippen LogP contribution in [-0.2, 0) is 6.54 Å². The van der Waals surface area contributed by atoms with Gasteiger partial charge >= 0.3 is 0 Å². The lowest BCUT2D eigenvalue weighted by Crippen LogP contribution is -2.22. The van der Waals surface area contributed by atoms with Crippen LogP contribution in [0.15, 0.2) is 42.6 Å². The first kappa shape index (κ1) is 14.8. The Bertz CT molecular complexity index is 592. The lowest BCUT2D eigenvalue weighted by Gasteiger charge is -2.13. The Kier molecular flexibility index (Phi) is 4.77. The number of carbonyl (C=O) groups is 1. The molecule has 0 aliphatic rings. The highest BCUT2D eigenvalue weighted by Crippen LogP contribution is 2.12. The van der Waals surface area contributed by atoms with Crippen molar-refractivity contribution in [2.24, 2.45) is 0 Å². The van der Waals surface area contributed by atoms with Crippen molar-refractivity contribution in [1.29, 1.82) is 0 Å². The summed E-state index contributed by atoms with van der Waals surface area (Å²) in [7, 11) is 5.53. The van der Waals surface area contributed by atoms with Crippen LogP contribution in [0.2, 0.25) is 0 Å². The van der Waals surface area contributed by atoms with Crippen LogP contribution in [-0.4, -0.2) is 32.1 Å². The Hall–Kier alpha value is -2.56. The summed E-state index contributed by atoms with van der Waals surface area (Å²) in [6.45, 7) is 0.485. The van der Waals surface area contributed by atoms with Crippen LogP contribution >= 0.6 is 0 Å². The van der Waals surface area contributed by atoms with Gasteiger partial charge in [-0.1, -0.05) is 12.1 Å². The highest BCUT2D eigenvalue weighted by Gasteiger charge is 2.06. The number of nitrogens with one attached hydrogen (secondary N) is 1. The second kappa shape index (κ2) is 6.74. The summed E-state index contributed by atoms with van der Waals surface area (Å²) in [4.78, 5) is 18.0. The predicted molar refractivity (Wildman–Crippen MR) is 82.7 cm³/mol. The largest absolute Gasteiger partial charge is 0.481 e. The summed E-state index contributed by atoms with van der Waals surface area (Å²) in [6.07, 6.45) is 1.50. The van der Waals surface area contributed by atoms with Gasteiger partial charge in [0.1, 0.15) is 0 Å². The number of hydrogen-bond donors (Lipinski definition) is 1. The fourth-order valence-corrected chi connectivity index (χ4v) is 1.83. The van der Waals surface area contributed by atoms with E-state index in [9.17, 15) is 4.79 Å². The third-order valence-corrected chi connectivity index (χ3v) is 3.11. The van der Waals surface area contributed by atoms with Crippen LogP contribution < -0.4 is 15.0 Å². The van der Waals surface area contributed by atoms with Crippen LogP contribution in [0, 0.1) is 0 Å². The molecule has 1 heterocycles. The van der Waals surface area contributed by atoms with Crippen LogP contribution in [0.4, 0.5) is 5.69 Å². The zero-order chi connectivity index (χ0) is 15.2. The van der Waals surface area contributed by atoms with Gasteiger partial charge in [0.15, 0.2) is 0 Å².